The molecule has 4 heteroatoms. The average Bonchev–Trinajstić information content (AvgIpc) is 2.12. The Hall–Kier alpha value is 0.170. The topological polar surface area (TPSA) is 37.3 Å². The minimum absolute atomic E-state index is 0.206. The molecule has 10 heavy (non-hydrogen) atoms. The van der Waals surface area contributed by atoms with Crippen LogP contribution in [0.2, 0.25) is 0 Å². The maximum absolute atomic E-state index is 10.5. The van der Waals surface area contributed by atoms with Crippen LogP contribution in [0.25, 0.3) is 0 Å². The Labute approximate surface area is 68.8 Å². The predicted molar refractivity (Wildman–Crippen MR) is 45.6 cm³/mol. The van der Waals surface area contributed by atoms with Gasteiger partial charge in [-0.3, -0.25) is 4.79 Å². The van der Waals surface area contributed by atoms with Crippen LogP contribution >= 0.6 is 23.5 Å². The van der Waals surface area contributed by atoms with Gasteiger partial charge in [-0.05, 0) is 24.3 Å². The summed E-state index contributed by atoms with van der Waals surface area (Å²) in [5.74, 6) is 1.34. The van der Waals surface area contributed by atoms with E-state index in [4.69, 9.17) is 5.11 Å². The summed E-state index contributed by atoms with van der Waals surface area (Å²) in [7, 11) is 0. The summed E-state index contributed by atoms with van der Waals surface area (Å²) >= 11 is 3.11. The van der Waals surface area contributed by atoms with Gasteiger partial charge in [-0.1, -0.05) is 0 Å². The Bertz CT molecular complexity index is 119. The monoisotopic (exact) mass is 178 g/mol. The summed E-state index contributed by atoms with van der Waals surface area (Å²) in [4.78, 5) is 10.5. The summed E-state index contributed by atoms with van der Waals surface area (Å²) in [6, 6.07) is 0. The van der Waals surface area contributed by atoms with Crippen molar-refractivity contribution >= 4 is 29.5 Å². The zero-order valence-corrected chi connectivity index (χ0v) is 7.21. The summed E-state index contributed by atoms with van der Waals surface area (Å²) in [6.45, 7) is 0. The van der Waals surface area contributed by atoms with Gasteiger partial charge in [0.1, 0.15) is 4.58 Å². The third-order valence-electron chi connectivity index (χ3n) is 1.28. The number of thioether (sulfide) groups is 2. The number of carboxylic acids is 1. The largest absolute Gasteiger partial charge is 0.480 e. The highest BCUT2D eigenvalue weighted by molar-refractivity contribution is 8.18. The van der Waals surface area contributed by atoms with E-state index in [0.29, 0.717) is 0 Å². The maximum atomic E-state index is 10.5. The molecule has 0 unspecified atom stereocenters. The van der Waals surface area contributed by atoms with E-state index in [2.05, 4.69) is 0 Å². The molecule has 1 saturated heterocycles. The molecule has 0 radical (unpaired) electrons. The molecule has 0 saturated carbocycles. The van der Waals surface area contributed by atoms with Gasteiger partial charge >= 0.3 is 5.97 Å². The van der Waals surface area contributed by atoms with Crippen LogP contribution in [0.3, 0.4) is 0 Å². The van der Waals surface area contributed by atoms with Gasteiger partial charge in [0.05, 0.1) is 0 Å². The van der Waals surface area contributed by atoms with Gasteiger partial charge in [0.2, 0.25) is 0 Å². The molecule has 1 aliphatic heterocycles. The third kappa shape index (κ3) is 2.42. The number of hydrogen-bond donors (Lipinski definition) is 1. The normalized spacial score (nSPS) is 22.0. The molecule has 1 rings (SSSR count). The highest BCUT2D eigenvalue weighted by atomic mass is 32.2. The van der Waals surface area contributed by atoms with Crippen molar-refractivity contribution in [3.63, 3.8) is 0 Å². The zero-order valence-electron chi connectivity index (χ0n) is 5.58. The van der Waals surface area contributed by atoms with Gasteiger partial charge in [0, 0.05) is 0 Å². The van der Waals surface area contributed by atoms with Crippen LogP contribution < -0.4 is 0 Å². The van der Waals surface area contributed by atoms with Gasteiger partial charge in [0.15, 0.2) is 0 Å². The van der Waals surface area contributed by atoms with E-state index >= 15 is 0 Å². The fraction of sp³-hybridized carbons (Fsp3) is 0.833. The second kappa shape index (κ2) is 4.13. The van der Waals surface area contributed by atoms with Crippen molar-refractivity contribution in [3.05, 3.63) is 0 Å². The van der Waals surface area contributed by atoms with Crippen LogP contribution in [0.5, 0.6) is 0 Å². The number of rotatable bonds is 1. The lowest BCUT2D eigenvalue weighted by Gasteiger charge is -2.05. The Kier molecular flexibility index (Phi) is 3.42. The molecule has 1 fully saturated rings. The van der Waals surface area contributed by atoms with Crippen LogP contribution in [0.1, 0.15) is 12.8 Å². The molecule has 0 aliphatic carbocycles. The van der Waals surface area contributed by atoms with Crippen molar-refractivity contribution in [1.82, 2.24) is 0 Å². The van der Waals surface area contributed by atoms with E-state index in [1.54, 1.807) is 23.5 Å². The summed E-state index contributed by atoms with van der Waals surface area (Å²) < 4.78 is -0.206. The third-order valence-corrected chi connectivity index (χ3v) is 4.15. The SMILES string of the molecule is O=C(O)C1SCCCCS1. The first-order chi connectivity index (χ1) is 4.80. The lowest BCUT2D eigenvalue weighted by Crippen LogP contribution is -2.11. The van der Waals surface area contributed by atoms with Gasteiger partial charge in [-0.15, -0.1) is 23.5 Å². The molecular formula is C6H10O2S2. The van der Waals surface area contributed by atoms with Gasteiger partial charge < -0.3 is 5.11 Å². The second-order valence-corrected chi connectivity index (χ2v) is 4.84. The van der Waals surface area contributed by atoms with E-state index in [0.717, 1.165) is 11.5 Å². The average molecular weight is 178 g/mol. The number of carboxylic acid groups (broad SMARTS) is 1. The van der Waals surface area contributed by atoms with Crippen molar-refractivity contribution in [2.75, 3.05) is 11.5 Å². The first-order valence-electron chi connectivity index (χ1n) is 3.27. The molecule has 0 amide bonds. The molecule has 0 atom stereocenters. The van der Waals surface area contributed by atoms with Crippen LogP contribution in [0, 0.1) is 0 Å². The fourth-order valence-electron chi connectivity index (χ4n) is 0.776. The van der Waals surface area contributed by atoms with E-state index in [1.165, 1.54) is 12.8 Å². The van der Waals surface area contributed by atoms with Crippen LogP contribution in [-0.2, 0) is 4.79 Å². The number of carbonyl (C=O) groups is 1. The molecule has 0 aromatic carbocycles. The summed E-state index contributed by atoms with van der Waals surface area (Å²) in [6.07, 6.45) is 2.34. The molecule has 0 aromatic heterocycles. The highest BCUT2D eigenvalue weighted by Gasteiger charge is 2.19. The second-order valence-electron chi connectivity index (χ2n) is 2.12. The van der Waals surface area contributed by atoms with Crippen molar-refractivity contribution in [1.29, 1.82) is 0 Å². The van der Waals surface area contributed by atoms with Crippen molar-refractivity contribution < 1.29 is 9.90 Å². The molecule has 1 N–H and O–H groups in total. The van der Waals surface area contributed by atoms with Crippen LogP contribution in [0.4, 0.5) is 0 Å². The minimum atomic E-state index is -0.670. The van der Waals surface area contributed by atoms with Gasteiger partial charge in [0.25, 0.3) is 0 Å². The number of aliphatic carboxylic acids is 1. The van der Waals surface area contributed by atoms with Crippen molar-refractivity contribution in [2.24, 2.45) is 0 Å². The van der Waals surface area contributed by atoms with E-state index in [9.17, 15) is 4.79 Å². The number of hydrogen-bond acceptors (Lipinski definition) is 3. The molecule has 0 spiro atoms. The Morgan fingerprint density at radius 3 is 2.20 bits per heavy atom. The smallest absolute Gasteiger partial charge is 0.326 e. The standard InChI is InChI=1S/C6H10O2S2/c7-5(8)6-9-3-1-2-4-10-6/h6H,1-4H2,(H,7,8). The van der Waals surface area contributed by atoms with E-state index < -0.39 is 5.97 Å². The van der Waals surface area contributed by atoms with Crippen LogP contribution in [0.15, 0.2) is 0 Å². The fourth-order valence-corrected chi connectivity index (χ4v) is 3.19. The Morgan fingerprint density at radius 2 is 1.80 bits per heavy atom. The molecule has 2 nitrogen and oxygen atoms in total. The summed E-state index contributed by atoms with van der Waals surface area (Å²) in [5, 5.41) is 8.62. The maximum Gasteiger partial charge on any atom is 0.326 e. The quantitative estimate of drug-likeness (QED) is 0.662. The lowest BCUT2D eigenvalue weighted by molar-refractivity contribution is -0.134. The Balaban J connectivity index is 2.35. The van der Waals surface area contributed by atoms with Crippen LogP contribution in [-0.4, -0.2) is 27.2 Å². The first kappa shape index (κ1) is 8.27. The van der Waals surface area contributed by atoms with E-state index in [1.807, 2.05) is 0 Å². The lowest BCUT2D eigenvalue weighted by atomic mass is 10.4. The van der Waals surface area contributed by atoms with Crippen molar-refractivity contribution in [3.8, 4) is 0 Å². The molecule has 1 heterocycles. The predicted octanol–water partition coefficient (Wildman–Crippen LogP) is 1.66. The molecule has 0 aromatic rings. The molecular weight excluding hydrogens is 168 g/mol. The molecule has 0 bridgehead atoms. The Morgan fingerprint density at radius 1 is 1.30 bits per heavy atom. The van der Waals surface area contributed by atoms with E-state index in [-0.39, 0.29) is 4.58 Å². The van der Waals surface area contributed by atoms with Gasteiger partial charge in [-0.2, -0.15) is 0 Å². The molecule has 1 aliphatic rings. The summed E-state index contributed by atoms with van der Waals surface area (Å²) in [5.41, 5.74) is 0. The zero-order chi connectivity index (χ0) is 7.40. The minimum Gasteiger partial charge on any atom is -0.480 e. The van der Waals surface area contributed by atoms with Crippen molar-refractivity contribution in [2.45, 2.75) is 17.4 Å². The first-order valence-corrected chi connectivity index (χ1v) is 5.36. The molecule has 58 valence electrons. The highest BCUT2D eigenvalue weighted by Crippen LogP contribution is 2.29. The van der Waals surface area contributed by atoms with Gasteiger partial charge in [-0.25, -0.2) is 0 Å².